The third kappa shape index (κ3) is 2.71. The Labute approximate surface area is 101 Å². The van der Waals surface area contributed by atoms with Gasteiger partial charge >= 0.3 is 0 Å². The van der Waals surface area contributed by atoms with Crippen LogP contribution in [0.4, 0.5) is 0 Å². The molecule has 0 saturated heterocycles. The number of benzene rings is 1. The van der Waals surface area contributed by atoms with Crippen LogP contribution in [-0.4, -0.2) is 13.4 Å². The molecule has 88 valence electrons. The summed E-state index contributed by atoms with van der Waals surface area (Å²) >= 11 is 0. The lowest BCUT2D eigenvalue weighted by Crippen LogP contribution is -2.06. The minimum absolute atomic E-state index is 0.0192. The summed E-state index contributed by atoms with van der Waals surface area (Å²) in [5, 5.41) is 0. The van der Waals surface area contributed by atoms with E-state index in [-0.39, 0.29) is 5.75 Å². The van der Waals surface area contributed by atoms with Crippen molar-refractivity contribution in [3.05, 3.63) is 59.9 Å². The maximum absolute atomic E-state index is 12.1. The van der Waals surface area contributed by atoms with Crippen LogP contribution in [0.15, 0.2) is 53.7 Å². The monoisotopic (exact) mass is 247 g/mol. The number of rotatable bonds is 3. The average molecular weight is 247 g/mol. The Morgan fingerprint density at radius 1 is 1.12 bits per heavy atom. The molecule has 0 radical (unpaired) electrons. The second kappa shape index (κ2) is 4.67. The summed E-state index contributed by atoms with van der Waals surface area (Å²) in [5.41, 5.74) is 1.69. The Morgan fingerprint density at radius 3 is 2.47 bits per heavy atom. The zero-order chi connectivity index (χ0) is 12.3. The Bertz CT molecular complexity index is 606. The van der Waals surface area contributed by atoms with Crippen LogP contribution < -0.4 is 0 Å². The Morgan fingerprint density at radius 2 is 1.82 bits per heavy atom. The number of aromatic nitrogens is 1. The predicted molar refractivity (Wildman–Crippen MR) is 66.3 cm³/mol. The fourth-order valence-electron chi connectivity index (χ4n) is 1.58. The van der Waals surface area contributed by atoms with Crippen molar-refractivity contribution in [3.63, 3.8) is 0 Å². The van der Waals surface area contributed by atoms with Gasteiger partial charge in [0.05, 0.1) is 10.6 Å². The van der Waals surface area contributed by atoms with Gasteiger partial charge in [0.15, 0.2) is 9.84 Å². The van der Waals surface area contributed by atoms with Gasteiger partial charge in [0.2, 0.25) is 0 Å². The lowest BCUT2D eigenvalue weighted by atomic mass is 10.2. The van der Waals surface area contributed by atoms with Crippen LogP contribution in [0.3, 0.4) is 0 Å². The number of hydrogen-bond donors (Lipinski definition) is 0. The van der Waals surface area contributed by atoms with E-state index in [1.807, 2.05) is 6.92 Å². The Balaban J connectivity index is 2.34. The molecule has 0 fully saturated rings. The summed E-state index contributed by atoms with van der Waals surface area (Å²) in [6.07, 6.45) is 3.29. The summed E-state index contributed by atoms with van der Waals surface area (Å²) in [6, 6.07) is 10.2. The fourth-order valence-corrected chi connectivity index (χ4v) is 3.05. The number of aryl methyl sites for hydroxylation is 1. The molecule has 0 aliphatic rings. The van der Waals surface area contributed by atoms with Crippen LogP contribution in [0.2, 0.25) is 0 Å². The van der Waals surface area contributed by atoms with Crippen molar-refractivity contribution in [1.82, 2.24) is 4.98 Å². The summed E-state index contributed by atoms with van der Waals surface area (Å²) < 4.78 is 24.3. The van der Waals surface area contributed by atoms with Gasteiger partial charge in [0.1, 0.15) is 0 Å². The molecule has 2 aromatic rings. The first-order chi connectivity index (χ1) is 8.09. The van der Waals surface area contributed by atoms with Crippen molar-refractivity contribution >= 4 is 9.84 Å². The van der Waals surface area contributed by atoms with Crippen molar-refractivity contribution in [2.75, 3.05) is 0 Å². The standard InChI is InChI=1S/C13H13NO2S/c1-11-9-14-8-7-12(11)10-17(15,16)13-5-3-2-4-6-13/h2-9H,10H2,1H3. The molecule has 1 aromatic carbocycles. The third-order valence-corrected chi connectivity index (χ3v) is 4.27. The zero-order valence-electron chi connectivity index (χ0n) is 9.50. The highest BCUT2D eigenvalue weighted by molar-refractivity contribution is 7.90. The van der Waals surface area contributed by atoms with Crippen molar-refractivity contribution in [1.29, 1.82) is 0 Å². The highest BCUT2D eigenvalue weighted by Crippen LogP contribution is 2.17. The number of pyridine rings is 1. The van der Waals surface area contributed by atoms with E-state index in [2.05, 4.69) is 4.98 Å². The first kappa shape index (κ1) is 11.8. The van der Waals surface area contributed by atoms with Crippen molar-refractivity contribution < 1.29 is 8.42 Å². The van der Waals surface area contributed by atoms with Gasteiger partial charge in [-0.25, -0.2) is 8.42 Å². The van der Waals surface area contributed by atoms with Gasteiger partial charge in [-0.2, -0.15) is 0 Å². The molecule has 3 nitrogen and oxygen atoms in total. The van der Waals surface area contributed by atoms with Crippen LogP contribution >= 0.6 is 0 Å². The van der Waals surface area contributed by atoms with Crippen LogP contribution in [-0.2, 0) is 15.6 Å². The number of sulfone groups is 1. The summed E-state index contributed by atoms with van der Waals surface area (Å²) in [4.78, 5) is 4.31. The minimum atomic E-state index is -3.26. The molecule has 0 aliphatic heterocycles. The summed E-state index contributed by atoms with van der Waals surface area (Å²) in [6.45, 7) is 1.86. The maximum atomic E-state index is 12.1. The van der Waals surface area contributed by atoms with E-state index in [9.17, 15) is 8.42 Å². The molecule has 1 aromatic heterocycles. The molecule has 4 heteroatoms. The molecule has 0 bridgehead atoms. The summed E-state index contributed by atoms with van der Waals surface area (Å²) in [7, 11) is -3.26. The molecule has 17 heavy (non-hydrogen) atoms. The van der Waals surface area contributed by atoms with Crippen molar-refractivity contribution in [3.8, 4) is 0 Å². The normalized spacial score (nSPS) is 11.4. The van der Waals surface area contributed by atoms with Crippen LogP contribution in [0.5, 0.6) is 0 Å². The Hall–Kier alpha value is -1.68. The molecule has 0 N–H and O–H groups in total. The minimum Gasteiger partial charge on any atom is -0.264 e. The molecule has 2 rings (SSSR count). The van der Waals surface area contributed by atoms with E-state index < -0.39 is 9.84 Å². The quantitative estimate of drug-likeness (QED) is 0.836. The highest BCUT2D eigenvalue weighted by Gasteiger charge is 2.15. The zero-order valence-corrected chi connectivity index (χ0v) is 10.3. The van der Waals surface area contributed by atoms with E-state index >= 15 is 0 Å². The molecule has 0 saturated carbocycles. The van der Waals surface area contributed by atoms with Crippen LogP contribution in [0.25, 0.3) is 0 Å². The first-order valence-corrected chi connectivity index (χ1v) is 6.92. The fraction of sp³-hybridized carbons (Fsp3) is 0.154. The maximum Gasteiger partial charge on any atom is 0.182 e. The molecule has 0 aliphatic carbocycles. The lowest BCUT2D eigenvalue weighted by Gasteiger charge is -2.06. The lowest BCUT2D eigenvalue weighted by molar-refractivity contribution is 0.595. The number of nitrogens with zero attached hydrogens (tertiary/aromatic N) is 1. The van der Waals surface area contributed by atoms with E-state index in [4.69, 9.17) is 0 Å². The Kier molecular flexibility index (Phi) is 3.24. The molecule has 1 heterocycles. The molecular weight excluding hydrogens is 234 g/mol. The highest BCUT2D eigenvalue weighted by atomic mass is 32.2. The second-order valence-electron chi connectivity index (χ2n) is 3.87. The van der Waals surface area contributed by atoms with Gasteiger partial charge in [0.25, 0.3) is 0 Å². The van der Waals surface area contributed by atoms with Crippen LogP contribution in [0.1, 0.15) is 11.1 Å². The average Bonchev–Trinajstić information content (AvgIpc) is 2.33. The smallest absolute Gasteiger partial charge is 0.182 e. The predicted octanol–water partition coefficient (Wildman–Crippen LogP) is 2.36. The topological polar surface area (TPSA) is 47.0 Å². The summed E-state index contributed by atoms with van der Waals surface area (Å²) in [5.74, 6) is 0.0192. The van der Waals surface area contributed by atoms with Gasteiger partial charge in [-0.15, -0.1) is 0 Å². The molecule has 0 unspecified atom stereocenters. The van der Waals surface area contributed by atoms with Gasteiger partial charge < -0.3 is 0 Å². The third-order valence-electron chi connectivity index (χ3n) is 2.58. The van der Waals surface area contributed by atoms with E-state index in [0.717, 1.165) is 11.1 Å². The van der Waals surface area contributed by atoms with E-state index in [0.29, 0.717) is 4.90 Å². The van der Waals surface area contributed by atoms with Crippen molar-refractivity contribution in [2.45, 2.75) is 17.6 Å². The SMILES string of the molecule is Cc1cnccc1CS(=O)(=O)c1ccccc1. The van der Waals surface area contributed by atoms with Crippen molar-refractivity contribution in [2.24, 2.45) is 0 Å². The number of hydrogen-bond acceptors (Lipinski definition) is 3. The second-order valence-corrected chi connectivity index (χ2v) is 5.86. The molecular formula is C13H13NO2S. The van der Waals surface area contributed by atoms with E-state index in [1.165, 1.54) is 0 Å². The largest absolute Gasteiger partial charge is 0.264 e. The van der Waals surface area contributed by atoms with Gasteiger partial charge in [-0.1, -0.05) is 18.2 Å². The van der Waals surface area contributed by atoms with Crippen LogP contribution in [0, 0.1) is 6.92 Å². The first-order valence-electron chi connectivity index (χ1n) is 5.27. The van der Waals surface area contributed by atoms with Gasteiger partial charge in [0, 0.05) is 12.4 Å². The molecule has 0 spiro atoms. The van der Waals surface area contributed by atoms with Gasteiger partial charge in [-0.3, -0.25) is 4.98 Å². The molecule has 0 atom stereocenters. The van der Waals surface area contributed by atoms with Gasteiger partial charge in [-0.05, 0) is 36.2 Å². The van der Waals surface area contributed by atoms with E-state index in [1.54, 1.807) is 48.8 Å². The molecule has 0 amide bonds.